The third-order valence-electron chi connectivity index (χ3n) is 11.9. The standard InChI is InChI=1S/C34H52O12S/c1-17(35)24-9-10-25-23-16-28(27-15-22(46-47(8,39)40)11-13-34(27,7)26(23)12-14-33(24,25)6)45-32-31(44-21(5)38)30(43-20(4)37)29(18(2)41-32)42-19(3)36/h12,17-18,22-25,27-32,35H,9-11,13-16H2,1-8H3/t17-,18-,22+,23+,24-,25+,27-,28+,29-,30+,31-,32+,33-,34-/m1/s1. The predicted octanol–water partition coefficient (Wildman–Crippen LogP) is 3.83. The summed E-state index contributed by atoms with van der Waals surface area (Å²) >= 11 is 0. The van der Waals surface area contributed by atoms with Gasteiger partial charge in [0.2, 0.25) is 0 Å². The molecule has 0 aromatic heterocycles. The van der Waals surface area contributed by atoms with Gasteiger partial charge in [-0.2, -0.15) is 8.42 Å². The molecular weight excluding hydrogens is 632 g/mol. The van der Waals surface area contributed by atoms with Crippen molar-refractivity contribution >= 4 is 28.0 Å². The molecule has 0 aromatic carbocycles. The fraction of sp³-hybridized carbons (Fsp3) is 0.853. The summed E-state index contributed by atoms with van der Waals surface area (Å²) in [5.74, 6) is -1.45. The molecule has 0 amide bonds. The van der Waals surface area contributed by atoms with Gasteiger partial charge in [-0.1, -0.05) is 25.5 Å². The highest BCUT2D eigenvalue weighted by Crippen LogP contribution is 2.66. The van der Waals surface area contributed by atoms with Crippen LogP contribution in [0.3, 0.4) is 0 Å². The number of aliphatic hydroxyl groups excluding tert-OH is 1. The molecule has 0 radical (unpaired) electrons. The van der Waals surface area contributed by atoms with Crippen LogP contribution < -0.4 is 0 Å². The Hall–Kier alpha value is -2.06. The van der Waals surface area contributed by atoms with Gasteiger partial charge in [0.15, 0.2) is 24.6 Å². The van der Waals surface area contributed by atoms with E-state index in [0.29, 0.717) is 31.6 Å². The van der Waals surface area contributed by atoms with Gasteiger partial charge in [-0.25, -0.2) is 0 Å². The SMILES string of the molecule is CC(=O)O[C@@H]1[C@@H](OC(C)=O)[C@H](O[C@H]2C[C@@H]3C(=CC[C@]4(C)[C@@H]([C@@H](C)O)CC[C@@H]34)[C@@]3(C)CC[C@H](OS(C)(=O)=O)C[C@H]23)O[C@H](C)[C@H]1OC(C)=O. The van der Waals surface area contributed by atoms with Gasteiger partial charge >= 0.3 is 17.9 Å². The zero-order valence-electron chi connectivity index (χ0n) is 28.8. The van der Waals surface area contributed by atoms with E-state index >= 15 is 0 Å². The second kappa shape index (κ2) is 13.3. The first-order valence-electron chi connectivity index (χ1n) is 16.9. The number of hydrogen-bond acceptors (Lipinski definition) is 12. The van der Waals surface area contributed by atoms with Crippen LogP contribution in [0.4, 0.5) is 0 Å². The van der Waals surface area contributed by atoms with E-state index in [-0.39, 0.29) is 28.6 Å². The lowest BCUT2D eigenvalue weighted by molar-refractivity contribution is -0.320. The van der Waals surface area contributed by atoms with E-state index in [0.717, 1.165) is 25.5 Å². The van der Waals surface area contributed by atoms with E-state index in [2.05, 4.69) is 19.9 Å². The third kappa shape index (κ3) is 7.15. The second-order valence-electron chi connectivity index (χ2n) is 15.1. The fourth-order valence-electron chi connectivity index (χ4n) is 10.1. The average molecular weight is 685 g/mol. The molecule has 14 atom stereocenters. The Morgan fingerprint density at radius 3 is 2.15 bits per heavy atom. The number of ether oxygens (including phenoxy) is 5. The molecule has 1 aliphatic heterocycles. The van der Waals surface area contributed by atoms with E-state index in [9.17, 15) is 27.9 Å². The molecule has 4 fully saturated rings. The maximum absolute atomic E-state index is 12.4. The van der Waals surface area contributed by atoms with E-state index in [1.54, 1.807) is 6.92 Å². The molecule has 5 rings (SSSR count). The molecule has 12 nitrogen and oxygen atoms in total. The quantitative estimate of drug-likeness (QED) is 0.171. The summed E-state index contributed by atoms with van der Waals surface area (Å²) in [6.07, 6.45) is 1.67. The third-order valence-corrected chi connectivity index (χ3v) is 12.5. The largest absolute Gasteiger partial charge is 0.456 e. The Morgan fingerprint density at radius 2 is 1.55 bits per heavy atom. The number of fused-ring (bicyclic) bond motifs is 5. The van der Waals surface area contributed by atoms with Crippen LogP contribution in [0, 0.1) is 34.5 Å². The van der Waals surface area contributed by atoms with Crippen LogP contribution in [0.1, 0.15) is 93.4 Å². The van der Waals surface area contributed by atoms with Crippen molar-refractivity contribution in [1.82, 2.24) is 0 Å². The van der Waals surface area contributed by atoms with Crippen LogP contribution in [0.25, 0.3) is 0 Å². The first-order valence-corrected chi connectivity index (χ1v) is 18.7. The number of carbonyl (C=O) groups is 3. The summed E-state index contributed by atoms with van der Waals surface area (Å²) in [7, 11) is -3.70. The van der Waals surface area contributed by atoms with Crippen molar-refractivity contribution in [2.45, 2.75) is 142 Å². The number of allylic oxidation sites excluding steroid dienone is 2. The average Bonchev–Trinajstić information content (AvgIpc) is 3.30. The van der Waals surface area contributed by atoms with Crippen LogP contribution in [0.2, 0.25) is 0 Å². The molecule has 0 spiro atoms. The highest BCUT2D eigenvalue weighted by Gasteiger charge is 2.61. The van der Waals surface area contributed by atoms with Crippen molar-refractivity contribution in [3.8, 4) is 0 Å². The zero-order valence-corrected chi connectivity index (χ0v) is 29.6. The maximum Gasteiger partial charge on any atom is 0.303 e. The molecule has 47 heavy (non-hydrogen) atoms. The Kier molecular flexibility index (Phi) is 10.3. The summed E-state index contributed by atoms with van der Waals surface area (Å²) in [6.45, 7) is 11.8. The van der Waals surface area contributed by atoms with Crippen LogP contribution in [0.15, 0.2) is 11.6 Å². The summed E-state index contributed by atoms with van der Waals surface area (Å²) in [6, 6.07) is 0. The van der Waals surface area contributed by atoms with Gasteiger partial charge in [0, 0.05) is 20.8 Å². The Balaban J connectivity index is 1.53. The smallest absolute Gasteiger partial charge is 0.303 e. The number of hydrogen-bond donors (Lipinski definition) is 1. The molecule has 4 aliphatic carbocycles. The monoisotopic (exact) mass is 684 g/mol. The van der Waals surface area contributed by atoms with Gasteiger partial charge in [-0.05, 0) is 93.3 Å². The van der Waals surface area contributed by atoms with E-state index in [1.165, 1.54) is 26.3 Å². The summed E-state index contributed by atoms with van der Waals surface area (Å²) in [4.78, 5) is 36.7. The molecule has 1 heterocycles. The maximum atomic E-state index is 12.4. The van der Waals surface area contributed by atoms with Crippen LogP contribution >= 0.6 is 0 Å². The number of aliphatic hydroxyl groups is 1. The summed E-state index contributed by atoms with van der Waals surface area (Å²) in [5, 5.41) is 10.7. The molecule has 1 saturated heterocycles. The lowest BCUT2D eigenvalue weighted by Crippen LogP contribution is -2.63. The predicted molar refractivity (Wildman–Crippen MR) is 168 cm³/mol. The van der Waals surface area contributed by atoms with Gasteiger partial charge in [-0.15, -0.1) is 0 Å². The normalized spacial score (nSPS) is 43.8. The molecule has 1 N–H and O–H groups in total. The molecule has 5 aliphatic rings. The van der Waals surface area contributed by atoms with E-state index in [4.69, 9.17) is 27.9 Å². The molecule has 3 saturated carbocycles. The molecule has 0 bridgehead atoms. The molecule has 13 heteroatoms. The van der Waals surface area contributed by atoms with E-state index < -0.39 is 77.0 Å². The fourth-order valence-corrected chi connectivity index (χ4v) is 10.7. The Bertz CT molecular complexity index is 1360. The minimum atomic E-state index is -3.70. The number of rotatable bonds is 8. The Morgan fingerprint density at radius 1 is 0.936 bits per heavy atom. The summed E-state index contributed by atoms with van der Waals surface area (Å²) < 4.78 is 59.9. The minimum absolute atomic E-state index is 0.0829. The van der Waals surface area contributed by atoms with Gasteiger partial charge in [0.05, 0.1) is 30.7 Å². The topological polar surface area (TPSA) is 161 Å². The van der Waals surface area contributed by atoms with Gasteiger partial charge in [0.1, 0.15) is 0 Å². The van der Waals surface area contributed by atoms with Gasteiger partial charge < -0.3 is 28.8 Å². The highest BCUT2D eigenvalue weighted by molar-refractivity contribution is 7.86. The molecule has 0 aromatic rings. The molecule has 266 valence electrons. The highest BCUT2D eigenvalue weighted by atomic mass is 32.2. The van der Waals surface area contributed by atoms with Crippen LogP contribution in [-0.2, 0) is 52.4 Å². The van der Waals surface area contributed by atoms with Crippen LogP contribution in [0.5, 0.6) is 0 Å². The van der Waals surface area contributed by atoms with Crippen LogP contribution in [-0.4, -0.2) is 86.7 Å². The van der Waals surface area contributed by atoms with Crippen molar-refractivity contribution < 1.29 is 55.8 Å². The molecular formula is C34H52O12S. The lowest BCUT2D eigenvalue weighted by Gasteiger charge is -2.59. The summed E-state index contributed by atoms with van der Waals surface area (Å²) in [5.41, 5.74) is 0.957. The van der Waals surface area contributed by atoms with Crippen molar-refractivity contribution in [3.63, 3.8) is 0 Å². The second-order valence-corrected chi connectivity index (χ2v) is 16.7. The Labute approximate surface area is 278 Å². The van der Waals surface area contributed by atoms with Crippen molar-refractivity contribution in [1.29, 1.82) is 0 Å². The van der Waals surface area contributed by atoms with Crippen molar-refractivity contribution in [3.05, 3.63) is 11.6 Å². The lowest BCUT2D eigenvalue weighted by atomic mass is 9.48. The minimum Gasteiger partial charge on any atom is -0.456 e. The molecule has 0 unspecified atom stereocenters. The number of esters is 3. The first kappa shape index (κ1) is 36.2. The van der Waals surface area contributed by atoms with E-state index in [1.807, 2.05) is 6.92 Å². The van der Waals surface area contributed by atoms with Gasteiger partial charge in [0.25, 0.3) is 10.1 Å². The first-order chi connectivity index (χ1) is 21.8. The number of carbonyl (C=O) groups excluding carboxylic acids is 3. The van der Waals surface area contributed by atoms with Gasteiger partial charge in [-0.3, -0.25) is 18.6 Å². The van der Waals surface area contributed by atoms with Crippen molar-refractivity contribution in [2.24, 2.45) is 34.5 Å². The zero-order chi connectivity index (χ0) is 34.6. The van der Waals surface area contributed by atoms with Crippen molar-refractivity contribution in [2.75, 3.05) is 6.26 Å².